The Morgan fingerprint density at radius 1 is 1.46 bits per heavy atom. The van der Waals surface area contributed by atoms with Crippen molar-refractivity contribution in [3.05, 3.63) is 35.4 Å². The Labute approximate surface area is 80.2 Å². The first-order valence-corrected chi connectivity index (χ1v) is 4.52. The lowest BCUT2D eigenvalue weighted by Gasteiger charge is -2.02. The van der Waals surface area contributed by atoms with Gasteiger partial charge in [0.1, 0.15) is 0 Å². The monoisotopic (exact) mass is 173 g/mol. The van der Waals surface area contributed by atoms with Crippen LogP contribution in [0.3, 0.4) is 0 Å². The Morgan fingerprint density at radius 2 is 2.31 bits per heavy atom. The SMILES string of the molecule is C#CCNCCc1cccc(C)c1. The van der Waals surface area contributed by atoms with Gasteiger partial charge in [-0.3, -0.25) is 0 Å². The fraction of sp³-hybridized carbons (Fsp3) is 0.333. The molecule has 1 N–H and O–H groups in total. The lowest BCUT2D eigenvalue weighted by molar-refractivity contribution is 0.753. The molecule has 1 aromatic carbocycles. The third kappa shape index (κ3) is 3.78. The molecule has 0 saturated carbocycles. The lowest BCUT2D eigenvalue weighted by atomic mass is 10.1. The molecule has 0 spiro atoms. The Hall–Kier alpha value is -1.26. The lowest BCUT2D eigenvalue weighted by Crippen LogP contribution is -2.17. The number of aryl methyl sites for hydroxylation is 1. The number of hydrogen-bond acceptors (Lipinski definition) is 1. The van der Waals surface area contributed by atoms with Crippen molar-refractivity contribution in [1.82, 2.24) is 5.32 Å². The molecule has 1 nitrogen and oxygen atoms in total. The van der Waals surface area contributed by atoms with Crippen molar-refractivity contribution in [2.75, 3.05) is 13.1 Å². The summed E-state index contributed by atoms with van der Waals surface area (Å²) in [6, 6.07) is 8.55. The molecule has 0 saturated heterocycles. The van der Waals surface area contributed by atoms with Gasteiger partial charge in [0.05, 0.1) is 6.54 Å². The molecule has 0 heterocycles. The fourth-order valence-corrected chi connectivity index (χ4v) is 1.26. The Morgan fingerprint density at radius 3 is 3.00 bits per heavy atom. The summed E-state index contributed by atoms with van der Waals surface area (Å²) in [5, 5.41) is 3.17. The van der Waals surface area contributed by atoms with Gasteiger partial charge in [-0.05, 0) is 18.9 Å². The van der Waals surface area contributed by atoms with Gasteiger partial charge in [0.2, 0.25) is 0 Å². The molecule has 1 rings (SSSR count). The summed E-state index contributed by atoms with van der Waals surface area (Å²) in [4.78, 5) is 0. The molecule has 0 radical (unpaired) electrons. The van der Waals surface area contributed by atoms with Crippen LogP contribution in [0.2, 0.25) is 0 Å². The van der Waals surface area contributed by atoms with Crippen molar-refractivity contribution in [1.29, 1.82) is 0 Å². The quantitative estimate of drug-likeness (QED) is 0.540. The Kier molecular flexibility index (Phi) is 4.08. The summed E-state index contributed by atoms with van der Waals surface area (Å²) in [6.45, 7) is 3.72. The number of nitrogens with one attached hydrogen (secondary N) is 1. The van der Waals surface area contributed by atoms with Crippen LogP contribution in [-0.4, -0.2) is 13.1 Å². The minimum atomic E-state index is 0.659. The highest BCUT2D eigenvalue weighted by molar-refractivity contribution is 5.22. The van der Waals surface area contributed by atoms with E-state index in [9.17, 15) is 0 Å². The molecule has 0 atom stereocenters. The topological polar surface area (TPSA) is 12.0 Å². The van der Waals surface area contributed by atoms with Gasteiger partial charge in [-0.1, -0.05) is 35.7 Å². The van der Waals surface area contributed by atoms with Crippen molar-refractivity contribution in [3.63, 3.8) is 0 Å². The van der Waals surface area contributed by atoms with Crippen LogP contribution in [0.25, 0.3) is 0 Å². The minimum absolute atomic E-state index is 0.659. The van der Waals surface area contributed by atoms with Crippen LogP contribution >= 0.6 is 0 Å². The van der Waals surface area contributed by atoms with E-state index >= 15 is 0 Å². The van der Waals surface area contributed by atoms with Crippen molar-refractivity contribution >= 4 is 0 Å². The van der Waals surface area contributed by atoms with E-state index < -0.39 is 0 Å². The second kappa shape index (κ2) is 5.40. The highest BCUT2D eigenvalue weighted by atomic mass is 14.8. The van der Waals surface area contributed by atoms with Crippen LogP contribution in [0.4, 0.5) is 0 Å². The number of benzene rings is 1. The largest absolute Gasteiger partial charge is 0.306 e. The first-order chi connectivity index (χ1) is 6.33. The van der Waals surface area contributed by atoms with Crippen molar-refractivity contribution in [2.45, 2.75) is 13.3 Å². The molecule has 68 valence electrons. The van der Waals surface area contributed by atoms with E-state index in [0.29, 0.717) is 6.54 Å². The highest BCUT2D eigenvalue weighted by Crippen LogP contribution is 2.03. The summed E-state index contributed by atoms with van der Waals surface area (Å²) in [5.41, 5.74) is 2.68. The van der Waals surface area contributed by atoms with Crippen molar-refractivity contribution < 1.29 is 0 Å². The summed E-state index contributed by atoms with van der Waals surface area (Å²) >= 11 is 0. The van der Waals surface area contributed by atoms with Crippen LogP contribution in [-0.2, 0) is 6.42 Å². The van der Waals surface area contributed by atoms with Gasteiger partial charge in [0, 0.05) is 6.54 Å². The molecule has 0 bridgehead atoms. The third-order valence-corrected chi connectivity index (χ3v) is 1.90. The van der Waals surface area contributed by atoms with Crippen LogP contribution in [0.1, 0.15) is 11.1 Å². The summed E-state index contributed by atoms with van der Waals surface area (Å²) in [5.74, 6) is 2.55. The second-order valence-electron chi connectivity index (χ2n) is 3.12. The molecule has 0 aliphatic rings. The van der Waals surface area contributed by atoms with Gasteiger partial charge in [-0.15, -0.1) is 6.42 Å². The molecule has 1 aromatic rings. The van der Waals surface area contributed by atoms with Crippen LogP contribution in [0.15, 0.2) is 24.3 Å². The van der Waals surface area contributed by atoms with Crippen molar-refractivity contribution in [3.8, 4) is 12.3 Å². The van der Waals surface area contributed by atoms with Gasteiger partial charge < -0.3 is 5.32 Å². The summed E-state index contributed by atoms with van der Waals surface area (Å²) in [6.07, 6.45) is 6.16. The zero-order valence-electron chi connectivity index (χ0n) is 8.01. The van der Waals surface area contributed by atoms with Crippen LogP contribution in [0, 0.1) is 19.3 Å². The fourth-order valence-electron chi connectivity index (χ4n) is 1.26. The maximum Gasteiger partial charge on any atom is 0.0573 e. The molecule has 0 fully saturated rings. The van der Waals surface area contributed by atoms with E-state index in [2.05, 4.69) is 42.4 Å². The average molecular weight is 173 g/mol. The molecule has 0 aliphatic carbocycles. The molecule has 0 amide bonds. The number of hydrogen-bond donors (Lipinski definition) is 1. The molecule has 0 aromatic heterocycles. The average Bonchev–Trinajstić information content (AvgIpc) is 2.13. The Bertz CT molecular complexity index is 296. The van der Waals surface area contributed by atoms with E-state index in [-0.39, 0.29) is 0 Å². The van der Waals surface area contributed by atoms with E-state index in [1.54, 1.807) is 0 Å². The first kappa shape index (κ1) is 9.83. The number of terminal acetylenes is 1. The van der Waals surface area contributed by atoms with Crippen molar-refractivity contribution in [2.24, 2.45) is 0 Å². The zero-order chi connectivity index (χ0) is 9.52. The van der Waals surface area contributed by atoms with E-state index in [4.69, 9.17) is 6.42 Å². The maximum atomic E-state index is 5.12. The smallest absolute Gasteiger partial charge is 0.0573 e. The minimum Gasteiger partial charge on any atom is -0.306 e. The van der Waals surface area contributed by atoms with E-state index in [1.165, 1.54) is 11.1 Å². The summed E-state index contributed by atoms with van der Waals surface area (Å²) in [7, 11) is 0. The van der Waals surface area contributed by atoms with E-state index in [1.807, 2.05) is 0 Å². The van der Waals surface area contributed by atoms with Gasteiger partial charge in [0.25, 0.3) is 0 Å². The van der Waals surface area contributed by atoms with Gasteiger partial charge in [0.15, 0.2) is 0 Å². The maximum absolute atomic E-state index is 5.12. The van der Waals surface area contributed by atoms with Gasteiger partial charge in [-0.25, -0.2) is 0 Å². The van der Waals surface area contributed by atoms with Gasteiger partial charge >= 0.3 is 0 Å². The molecule has 0 aliphatic heterocycles. The van der Waals surface area contributed by atoms with Crippen LogP contribution < -0.4 is 5.32 Å². The van der Waals surface area contributed by atoms with Gasteiger partial charge in [-0.2, -0.15) is 0 Å². The molecular weight excluding hydrogens is 158 g/mol. The predicted molar refractivity (Wildman–Crippen MR) is 56.6 cm³/mol. The van der Waals surface area contributed by atoms with Crippen LogP contribution in [0.5, 0.6) is 0 Å². The predicted octanol–water partition coefficient (Wildman–Crippen LogP) is 1.76. The molecular formula is C12H15N. The third-order valence-electron chi connectivity index (χ3n) is 1.90. The summed E-state index contributed by atoms with van der Waals surface area (Å²) < 4.78 is 0. The zero-order valence-corrected chi connectivity index (χ0v) is 8.01. The molecule has 1 heteroatoms. The number of rotatable bonds is 4. The Balaban J connectivity index is 2.33. The van der Waals surface area contributed by atoms with E-state index in [0.717, 1.165) is 13.0 Å². The highest BCUT2D eigenvalue weighted by Gasteiger charge is 1.91. The normalized spacial score (nSPS) is 9.54. The molecule has 0 unspecified atom stereocenters. The second-order valence-corrected chi connectivity index (χ2v) is 3.12. The standard InChI is InChI=1S/C12H15N/c1-3-8-13-9-7-12-6-4-5-11(2)10-12/h1,4-6,10,13H,7-9H2,2H3. The first-order valence-electron chi connectivity index (χ1n) is 4.52. The molecule has 13 heavy (non-hydrogen) atoms.